The van der Waals surface area contributed by atoms with Crippen LogP contribution in [0.3, 0.4) is 0 Å². The first kappa shape index (κ1) is 11.9. The largest absolute Gasteiger partial charge is 0.307 e. The summed E-state index contributed by atoms with van der Waals surface area (Å²) in [7, 11) is 0. The molecule has 1 N–H and O–H groups in total. The van der Waals surface area contributed by atoms with E-state index in [1.165, 1.54) is 31.2 Å². The Balaban J connectivity index is 1.96. The SMILES string of the molecule is CCC1(NCc2ccc(C)c(Cl)c2)CCC1. The zero-order valence-corrected chi connectivity index (χ0v) is 10.9. The van der Waals surface area contributed by atoms with Crippen molar-refractivity contribution >= 4 is 11.6 Å². The second kappa shape index (κ2) is 4.77. The molecule has 16 heavy (non-hydrogen) atoms. The van der Waals surface area contributed by atoms with Gasteiger partial charge in [-0.25, -0.2) is 0 Å². The predicted molar refractivity (Wildman–Crippen MR) is 69.9 cm³/mol. The van der Waals surface area contributed by atoms with E-state index in [0.717, 1.165) is 17.1 Å². The van der Waals surface area contributed by atoms with Crippen LogP contribution in [0.1, 0.15) is 43.7 Å². The monoisotopic (exact) mass is 237 g/mol. The molecule has 0 radical (unpaired) electrons. The van der Waals surface area contributed by atoms with E-state index in [-0.39, 0.29) is 0 Å². The third-order valence-electron chi connectivity index (χ3n) is 3.89. The fourth-order valence-electron chi connectivity index (χ4n) is 2.29. The van der Waals surface area contributed by atoms with Gasteiger partial charge in [0, 0.05) is 17.1 Å². The molecule has 0 atom stereocenters. The van der Waals surface area contributed by atoms with Crippen LogP contribution in [0.15, 0.2) is 18.2 Å². The summed E-state index contributed by atoms with van der Waals surface area (Å²) in [6.45, 7) is 5.25. The lowest BCUT2D eigenvalue weighted by Crippen LogP contribution is -2.49. The Morgan fingerprint density at radius 2 is 2.12 bits per heavy atom. The summed E-state index contributed by atoms with van der Waals surface area (Å²) in [5, 5.41) is 4.56. The Hall–Kier alpha value is -0.530. The minimum absolute atomic E-state index is 0.414. The van der Waals surface area contributed by atoms with E-state index in [1.54, 1.807) is 0 Å². The molecule has 2 rings (SSSR count). The van der Waals surface area contributed by atoms with Crippen LogP contribution in [0, 0.1) is 6.92 Å². The molecule has 1 aromatic rings. The Kier molecular flexibility index (Phi) is 3.56. The van der Waals surface area contributed by atoms with Crippen LogP contribution in [0.4, 0.5) is 0 Å². The number of rotatable bonds is 4. The molecule has 0 bridgehead atoms. The first-order chi connectivity index (χ1) is 7.65. The van der Waals surface area contributed by atoms with Crippen molar-refractivity contribution in [3.63, 3.8) is 0 Å². The van der Waals surface area contributed by atoms with Gasteiger partial charge in [-0.3, -0.25) is 0 Å². The second-order valence-corrected chi connectivity index (χ2v) is 5.33. The lowest BCUT2D eigenvalue weighted by Gasteiger charge is -2.42. The van der Waals surface area contributed by atoms with E-state index in [0.29, 0.717) is 5.54 Å². The minimum atomic E-state index is 0.414. The minimum Gasteiger partial charge on any atom is -0.307 e. The number of nitrogens with one attached hydrogen (secondary N) is 1. The highest BCUT2D eigenvalue weighted by atomic mass is 35.5. The lowest BCUT2D eigenvalue weighted by atomic mass is 9.75. The molecule has 0 spiro atoms. The van der Waals surface area contributed by atoms with Crippen LogP contribution in [0.25, 0.3) is 0 Å². The third kappa shape index (κ3) is 2.41. The van der Waals surface area contributed by atoms with Crippen molar-refractivity contribution < 1.29 is 0 Å². The molecule has 1 nitrogen and oxygen atoms in total. The number of halogens is 1. The number of hydrogen-bond donors (Lipinski definition) is 1. The molecule has 1 aliphatic rings. The number of aryl methyl sites for hydroxylation is 1. The standard InChI is InChI=1S/C14H20ClN/c1-3-14(7-4-8-14)16-10-12-6-5-11(2)13(15)9-12/h5-6,9,16H,3-4,7-8,10H2,1-2H3. The molecule has 0 aromatic heterocycles. The fourth-order valence-corrected chi connectivity index (χ4v) is 2.50. The molecular formula is C14H20ClN. The van der Waals surface area contributed by atoms with E-state index >= 15 is 0 Å². The lowest BCUT2D eigenvalue weighted by molar-refractivity contribution is 0.175. The summed E-state index contributed by atoms with van der Waals surface area (Å²) in [5.74, 6) is 0. The molecule has 0 saturated heterocycles. The fraction of sp³-hybridized carbons (Fsp3) is 0.571. The summed E-state index contributed by atoms with van der Waals surface area (Å²) in [6, 6.07) is 6.33. The summed E-state index contributed by atoms with van der Waals surface area (Å²) >= 11 is 6.12. The summed E-state index contributed by atoms with van der Waals surface area (Å²) < 4.78 is 0. The molecule has 0 aliphatic heterocycles. The maximum Gasteiger partial charge on any atom is 0.0438 e. The van der Waals surface area contributed by atoms with Gasteiger partial charge >= 0.3 is 0 Å². The summed E-state index contributed by atoms with van der Waals surface area (Å²) in [6.07, 6.45) is 5.24. The molecule has 1 aromatic carbocycles. The average Bonchev–Trinajstić information content (AvgIpc) is 2.22. The van der Waals surface area contributed by atoms with Gasteiger partial charge in [-0.1, -0.05) is 30.7 Å². The molecule has 1 fully saturated rings. The first-order valence-electron chi connectivity index (χ1n) is 6.15. The van der Waals surface area contributed by atoms with Crippen molar-refractivity contribution in [2.45, 2.75) is 51.6 Å². The van der Waals surface area contributed by atoms with E-state index in [2.05, 4.69) is 30.4 Å². The number of hydrogen-bond acceptors (Lipinski definition) is 1. The maximum atomic E-state index is 6.12. The van der Waals surface area contributed by atoms with E-state index < -0.39 is 0 Å². The molecule has 88 valence electrons. The van der Waals surface area contributed by atoms with Crippen LogP contribution in [-0.4, -0.2) is 5.54 Å². The van der Waals surface area contributed by atoms with Gasteiger partial charge in [0.15, 0.2) is 0 Å². The maximum absolute atomic E-state index is 6.12. The molecule has 1 aliphatic carbocycles. The van der Waals surface area contributed by atoms with E-state index in [4.69, 9.17) is 11.6 Å². The van der Waals surface area contributed by atoms with Gasteiger partial charge < -0.3 is 5.32 Å². The Morgan fingerprint density at radius 1 is 1.38 bits per heavy atom. The molecule has 0 unspecified atom stereocenters. The zero-order chi connectivity index (χ0) is 11.6. The highest BCUT2D eigenvalue weighted by Gasteiger charge is 2.34. The molecule has 2 heteroatoms. The van der Waals surface area contributed by atoms with Gasteiger partial charge in [0.05, 0.1) is 0 Å². The Labute approximate surface area is 103 Å². The average molecular weight is 238 g/mol. The third-order valence-corrected chi connectivity index (χ3v) is 4.30. The van der Waals surface area contributed by atoms with Crippen molar-refractivity contribution in [2.24, 2.45) is 0 Å². The Morgan fingerprint density at radius 3 is 2.62 bits per heavy atom. The van der Waals surface area contributed by atoms with Gasteiger partial charge in [-0.05, 0) is 49.8 Å². The van der Waals surface area contributed by atoms with Crippen molar-refractivity contribution in [1.29, 1.82) is 0 Å². The molecule has 0 heterocycles. The van der Waals surface area contributed by atoms with Gasteiger partial charge in [0.2, 0.25) is 0 Å². The second-order valence-electron chi connectivity index (χ2n) is 4.92. The first-order valence-corrected chi connectivity index (χ1v) is 6.53. The van der Waals surface area contributed by atoms with Crippen molar-refractivity contribution in [1.82, 2.24) is 5.32 Å². The molecule has 0 amide bonds. The molecule has 1 saturated carbocycles. The van der Waals surface area contributed by atoms with Crippen molar-refractivity contribution in [3.05, 3.63) is 34.3 Å². The predicted octanol–water partition coefficient (Wildman–Crippen LogP) is 4.07. The van der Waals surface area contributed by atoms with E-state index in [1.807, 2.05) is 6.92 Å². The van der Waals surface area contributed by atoms with Crippen LogP contribution in [0.5, 0.6) is 0 Å². The van der Waals surface area contributed by atoms with Gasteiger partial charge in [0.25, 0.3) is 0 Å². The quantitative estimate of drug-likeness (QED) is 0.833. The van der Waals surface area contributed by atoms with Gasteiger partial charge in [0.1, 0.15) is 0 Å². The van der Waals surface area contributed by atoms with Gasteiger partial charge in [-0.2, -0.15) is 0 Å². The van der Waals surface area contributed by atoms with Crippen LogP contribution < -0.4 is 5.32 Å². The highest BCUT2D eigenvalue weighted by Crippen LogP contribution is 2.34. The van der Waals surface area contributed by atoms with Crippen molar-refractivity contribution in [3.8, 4) is 0 Å². The van der Waals surface area contributed by atoms with Gasteiger partial charge in [-0.15, -0.1) is 0 Å². The van der Waals surface area contributed by atoms with Crippen molar-refractivity contribution in [2.75, 3.05) is 0 Å². The van der Waals surface area contributed by atoms with Crippen LogP contribution >= 0.6 is 11.6 Å². The summed E-state index contributed by atoms with van der Waals surface area (Å²) in [5.41, 5.74) is 2.85. The highest BCUT2D eigenvalue weighted by molar-refractivity contribution is 6.31. The zero-order valence-electron chi connectivity index (χ0n) is 10.1. The normalized spacial score (nSPS) is 18.2. The topological polar surface area (TPSA) is 12.0 Å². The Bertz CT molecular complexity index is 363. The van der Waals surface area contributed by atoms with Crippen LogP contribution in [-0.2, 0) is 6.54 Å². The smallest absolute Gasteiger partial charge is 0.0438 e. The summed E-state index contributed by atoms with van der Waals surface area (Å²) in [4.78, 5) is 0. The number of benzene rings is 1. The van der Waals surface area contributed by atoms with Crippen LogP contribution in [0.2, 0.25) is 5.02 Å². The molecular weight excluding hydrogens is 218 g/mol. The van der Waals surface area contributed by atoms with E-state index in [9.17, 15) is 0 Å².